The number of pyridine rings is 1. The normalized spacial score (nSPS) is 11.2. The molecule has 0 unspecified atom stereocenters. The molecule has 2 N–H and O–H groups in total. The molecule has 116 valence electrons. The van der Waals surface area contributed by atoms with Gasteiger partial charge in [0.1, 0.15) is 5.65 Å². The molecule has 0 aliphatic rings. The minimum Gasteiger partial charge on any atom is -0.387 e. The van der Waals surface area contributed by atoms with Crippen molar-refractivity contribution in [3.8, 4) is 0 Å². The minimum atomic E-state index is -0.426. The summed E-state index contributed by atoms with van der Waals surface area (Å²) >= 11 is 0. The molecule has 0 atom stereocenters. The number of nitro benzene ring substituents is 1. The molecule has 23 heavy (non-hydrogen) atoms. The van der Waals surface area contributed by atoms with Crippen molar-refractivity contribution in [1.82, 2.24) is 9.97 Å². The predicted molar refractivity (Wildman–Crippen MR) is 90.7 cm³/mol. The van der Waals surface area contributed by atoms with Crippen molar-refractivity contribution in [2.45, 2.75) is 6.92 Å². The molecule has 0 saturated heterocycles. The van der Waals surface area contributed by atoms with Gasteiger partial charge in [0, 0.05) is 48.7 Å². The van der Waals surface area contributed by atoms with Crippen LogP contribution in [-0.2, 0) is 0 Å². The number of nitro groups is 1. The number of anilines is 1. The van der Waals surface area contributed by atoms with E-state index in [0.29, 0.717) is 5.69 Å². The molecule has 0 spiro atoms. The summed E-state index contributed by atoms with van der Waals surface area (Å²) in [7, 11) is 1.83. The molecule has 3 rings (SSSR count). The van der Waals surface area contributed by atoms with Crippen LogP contribution in [-0.4, -0.2) is 28.2 Å². The average Bonchev–Trinajstić information content (AvgIpc) is 3.01. The number of H-pyrrole nitrogens is 1. The molecule has 7 nitrogen and oxygen atoms in total. The number of nitrogens with zero attached hydrogens (tertiary/aromatic N) is 3. The van der Waals surface area contributed by atoms with E-state index in [1.165, 1.54) is 12.1 Å². The highest BCUT2D eigenvalue weighted by Crippen LogP contribution is 2.27. The lowest BCUT2D eigenvalue weighted by Gasteiger charge is -2.06. The van der Waals surface area contributed by atoms with Crippen LogP contribution in [0.3, 0.4) is 0 Å². The molecule has 3 aromatic rings. The number of aromatic amines is 1. The first-order valence-corrected chi connectivity index (χ1v) is 7.03. The van der Waals surface area contributed by atoms with E-state index in [9.17, 15) is 10.1 Å². The molecule has 0 aliphatic carbocycles. The summed E-state index contributed by atoms with van der Waals surface area (Å²) in [5.74, 6) is 0. The molecule has 2 aromatic heterocycles. The third-order valence-corrected chi connectivity index (χ3v) is 3.61. The van der Waals surface area contributed by atoms with Gasteiger partial charge in [-0.3, -0.25) is 15.1 Å². The number of benzene rings is 1. The van der Waals surface area contributed by atoms with Crippen molar-refractivity contribution in [2.75, 3.05) is 12.4 Å². The second kappa shape index (κ2) is 5.88. The van der Waals surface area contributed by atoms with Crippen LogP contribution in [0.4, 0.5) is 17.1 Å². The van der Waals surface area contributed by atoms with Gasteiger partial charge < -0.3 is 10.3 Å². The summed E-state index contributed by atoms with van der Waals surface area (Å²) in [6.45, 7) is 1.86. The van der Waals surface area contributed by atoms with E-state index in [4.69, 9.17) is 0 Å². The van der Waals surface area contributed by atoms with Gasteiger partial charge in [0.25, 0.3) is 5.69 Å². The smallest absolute Gasteiger partial charge is 0.271 e. The number of aliphatic imine (C=N–C) groups is 1. The number of hydrogen-bond donors (Lipinski definition) is 2. The van der Waals surface area contributed by atoms with Gasteiger partial charge in [-0.1, -0.05) is 6.07 Å². The van der Waals surface area contributed by atoms with Crippen LogP contribution in [0.15, 0.2) is 41.7 Å². The predicted octanol–water partition coefficient (Wildman–Crippen LogP) is 3.57. The third kappa shape index (κ3) is 2.76. The topological polar surface area (TPSA) is 96.2 Å². The number of rotatable bonds is 4. The fourth-order valence-corrected chi connectivity index (χ4v) is 2.39. The zero-order valence-corrected chi connectivity index (χ0v) is 12.7. The lowest BCUT2D eigenvalue weighted by molar-refractivity contribution is -0.384. The fourth-order valence-electron chi connectivity index (χ4n) is 2.39. The van der Waals surface area contributed by atoms with Gasteiger partial charge in [0.2, 0.25) is 0 Å². The maximum Gasteiger partial charge on any atom is 0.271 e. The molecule has 7 heteroatoms. The van der Waals surface area contributed by atoms with Crippen LogP contribution in [0, 0.1) is 17.0 Å². The summed E-state index contributed by atoms with van der Waals surface area (Å²) in [5.41, 5.74) is 3.96. The van der Waals surface area contributed by atoms with Crippen molar-refractivity contribution >= 4 is 34.3 Å². The van der Waals surface area contributed by atoms with E-state index in [-0.39, 0.29) is 5.69 Å². The molecule has 0 fully saturated rings. The van der Waals surface area contributed by atoms with Gasteiger partial charge in [-0.15, -0.1) is 0 Å². The highest BCUT2D eigenvalue weighted by atomic mass is 16.6. The Morgan fingerprint density at radius 2 is 2.22 bits per heavy atom. The molecule has 0 amide bonds. The van der Waals surface area contributed by atoms with Crippen LogP contribution >= 0.6 is 0 Å². The van der Waals surface area contributed by atoms with E-state index in [2.05, 4.69) is 20.3 Å². The van der Waals surface area contributed by atoms with E-state index < -0.39 is 4.92 Å². The highest BCUT2D eigenvalue weighted by molar-refractivity contribution is 6.00. The Labute approximate surface area is 132 Å². The largest absolute Gasteiger partial charge is 0.387 e. The maximum atomic E-state index is 10.9. The van der Waals surface area contributed by atoms with Crippen molar-refractivity contribution < 1.29 is 4.92 Å². The van der Waals surface area contributed by atoms with Crippen molar-refractivity contribution in [2.24, 2.45) is 4.99 Å². The molecule has 0 saturated carbocycles. The lowest BCUT2D eigenvalue weighted by atomic mass is 10.1. The van der Waals surface area contributed by atoms with Crippen molar-refractivity contribution in [1.29, 1.82) is 0 Å². The number of hydrogen-bond acceptors (Lipinski definition) is 5. The number of nitrogens with one attached hydrogen (secondary N) is 2. The van der Waals surface area contributed by atoms with Gasteiger partial charge in [0.15, 0.2) is 0 Å². The van der Waals surface area contributed by atoms with Crippen LogP contribution in [0.5, 0.6) is 0 Å². The summed E-state index contributed by atoms with van der Waals surface area (Å²) < 4.78 is 0. The van der Waals surface area contributed by atoms with E-state index >= 15 is 0 Å². The molecular weight excluding hydrogens is 294 g/mol. The van der Waals surface area contributed by atoms with E-state index in [1.54, 1.807) is 18.5 Å². The zero-order valence-electron chi connectivity index (χ0n) is 12.7. The Morgan fingerprint density at radius 1 is 1.39 bits per heavy atom. The zero-order chi connectivity index (χ0) is 16.4. The van der Waals surface area contributed by atoms with E-state index in [1.807, 2.05) is 26.2 Å². The molecule has 0 aliphatic heterocycles. The van der Waals surface area contributed by atoms with Gasteiger partial charge in [-0.05, 0) is 18.6 Å². The summed E-state index contributed by atoms with van der Waals surface area (Å²) in [4.78, 5) is 22.2. The van der Waals surface area contributed by atoms with Gasteiger partial charge in [0.05, 0.1) is 16.3 Å². The highest BCUT2D eigenvalue weighted by Gasteiger charge is 2.09. The molecular formula is C16H15N5O2. The Morgan fingerprint density at radius 3 is 2.96 bits per heavy atom. The van der Waals surface area contributed by atoms with Crippen molar-refractivity contribution in [3.05, 3.63) is 57.9 Å². The average molecular weight is 309 g/mol. The first-order chi connectivity index (χ1) is 11.1. The first kappa shape index (κ1) is 14.7. The van der Waals surface area contributed by atoms with Crippen LogP contribution < -0.4 is 5.32 Å². The number of aryl methyl sites for hydroxylation is 1. The summed E-state index contributed by atoms with van der Waals surface area (Å²) in [6.07, 6.45) is 5.20. The monoisotopic (exact) mass is 309 g/mol. The second-order valence-electron chi connectivity index (χ2n) is 5.06. The van der Waals surface area contributed by atoms with Crippen LogP contribution in [0.1, 0.15) is 11.1 Å². The van der Waals surface area contributed by atoms with Crippen LogP contribution in [0.2, 0.25) is 0 Å². The first-order valence-electron chi connectivity index (χ1n) is 7.03. The summed E-state index contributed by atoms with van der Waals surface area (Å²) in [6, 6.07) is 6.56. The molecule has 1 aromatic carbocycles. The van der Waals surface area contributed by atoms with E-state index in [0.717, 1.165) is 27.8 Å². The SMILES string of the molecule is CNc1c(/C=N/c2cc([N+](=O)[O-])ccc2C)cnc2[nH]ccc12. The number of non-ortho nitro benzene ring substituents is 1. The lowest BCUT2D eigenvalue weighted by Crippen LogP contribution is -1.97. The van der Waals surface area contributed by atoms with Crippen molar-refractivity contribution in [3.63, 3.8) is 0 Å². The van der Waals surface area contributed by atoms with Gasteiger partial charge in [-0.25, -0.2) is 4.98 Å². The third-order valence-electron chi connectivity index (χ3n) is 3.61. The molecule has 0 bridgehead atoms. The number of aromatic nitrogens is 2. The Kier molecular flexibility index (Phi) is 3.76. The number of fused-ring (bicyclic) bond motifs is 1. The van der Waals surface area contributed by atoms with Gasteiger partial charge in [-0.2, -0.15) is 0 Å². The van der Waals surface area contributed by atoms with Crippen LogP contribution in [0.25, 0.3) is 11.0 Å². The Bertz CT molecular complexity index is 914. The quantitative estimate of drug-likeness (QED) is 0.437. The molecule has 2 heterocycles. The maximum absolute atomic E-state index is 10.9. The molecule has 0 radical (unpaired) electrons. The second-order valence-corrected chi connectivity index (χ2v) is 5.06. The van der Waals surface area contributed by atoms with Gasteiger partial charge >= 0.3 is 0 Å². The minimum absolute atomic E-state index is 0.0239. The summed E-state index contributed by atoms with van der Waals surface area (Å²) in [5, 5.41) is 15.0. The Balaban J connectivity index is 2.03. The Hall–Kier alpha value is -3.22. The standard InChI is InChI=1S/C16H15N5O2/c1-10-3-4-12(21(22)23)7-14(10)19-8-11-9-20-16-13(5-6-18-16)15(11)17-2/h3-9H,1-2H3,(H2,17,18,20)/b19-8+. The fraction of sp³-hybridized carbons (Fsp3) is 0.125.